The van der Waals surface area contributed by atoms with Crippen molar-refractivity contribution < 1.29 is 14.5 Å². The molecule has 0 heterocycles. The van der Waals surface area contributed by atoms with Gasteiger partial charge in [0.25, 0.3) is 0 Å². The highest BCUT2D eigenvalue weighted by Gasteiger charge is 2.09. The van der Waals surface area contributed by atoms with Gasteiger partial charge in [0.2, 0.25) is 0 Å². The number of rotatable bonds is 5. The van der Waals surface area contributed by atoms with Gasteiger partial charge in [-0.05, 0) is 6.92 Å². The predicted molar refractivity (Wildman–Crippen MR) is 47.1 cm³/mol. The lowest BCUT2D eigenvalue weighted by Crippen LogP contribution is -2.31. The summed E-state index contributed by atoms with van der Waals surface area (Å²) in [7, 11) is 0. The summed E-state index contributed by atoms with van der Waals surface area (Å²) >= 11 is -1.32. The summed E-state index contributed by atoms with van der Waals surface area (Å²) in [6, 6.07) is 0. The maximum Gasteiger partial charge on any atom is 0.407 e. The summed E-state index contributed by atoms with van der Waals surface area (Å²) in [5.74, 6) is 0.351. The third-order valence-electron chi connectivity index (χ3n) is 1.43. The molecule has 6 heteroatoms. The Morgan fingerprint density at radius 2 is 2.33 bits per heavy atom. The van der Waals surface area contributed by atoms with Crippen LogP contribution in [0.2, 0.25) is 0 Å². The SMILES string of the molecule is CCN(CCC[S+](N)[O-])C(=O)O. The van der Waals surface area contributed by atoms with Crippen LogP contribution in [0.1, 0.15) is 13.3 Å². The molecule has 3 N–H and O–H groups in total. The first-order valence-electron chi connectivity index (χ1n) is 3.68. The fraction of sp³-hybridized carbons (Fsp3) is 0.833. The van der Waals surface area contributed by atoms with Crippen LogP contribution in [0.5, 0.6) is 0 Å². The Balaban J connectivity index is 3.52. The Hall–Kier alpha value is -0.460. The first kappa shape index (κ1) is 11.5. The highest BCUT2D eigenvalue weighted by molar-refractivity contribution is 7.89. The van der Waals surface area contributed by atoms with Gasteiger partial charge in [-0.1, -0.05) is 0 Å². The summed E-state index contributed by atoms with van der Waals surface area (Å²) in [6.07, 6.45) is -0.399. The molecule has 0 aliphatic rings. The van der Waals surface area contributed by atoms with Crippen LogP contribution in [0, 0.1) is 0 Å². The molecule has 0 saturated heterocycles. The molecule has 0 aliphatic heterocycles. The molecule has 0 aromatic carbocycles. The van der Waals surface area contributed by atoms with E-state index in [1.54, 1.807) is 6.92 Å². The van der Waals surface area contributed by atoms with E-state index in [0.717, 1.165) is 0 Å². The van der Waals surface area contributed by atoms with E-state index in [0.29, 0.717) is 25.3 Å². The smallest absolute Gasteiger partial charge is 0.407 e. The highest BCUT2D eigenvalue weighted by Crippen LogP contribution is 1.93. The van der Waals surface area contributed by atoms with Gasteiger partial charge >= 0.3 is 6.09 Å². The van der Waals surface area contributed by atoms with Crippen molar-refractivity contribution in [3.63, 3.8) is 0 Å². The monoisotopic (exact) mass is 194 g/mol. The van der Waals surface area contributed by atoms with Crippen molar-refractivity contribution in [2.45, 2.75) is 13.3 Å². The molecule has 0 spiro atoms. The van der Waals surface area contributed by atoms with E-state index in [9.17, 15) is 9.35 Å². The third-order valence-corrected chi connectivity index (χ3v) is 2.12. The minimum atomic E-state index is -1.32. The Morgan fingerprint density at radius 3 is 2.67 bits per heavy atom. The van der Waals surface area contributed by atoms with Gasteiger partial charge in [0.1, 0.15) is 5.75 Å². The lowest BCUT2D eigenvalue weighted by atomic mass is 10.4. The normalized spacial score (nSPS) is 12.6. The predicted octanol–water partition coefficient (Wildman–Crippen LogP) is -0.00120. The molecule has 0 aliphatic carbocycles. The van der Waals surface area contributed by atoms with E-state index in [2.05, 4.69) is 0 Å². The zero-order valence-electron chi connectivity index (χ0n) is 7.02. The van der Waals surface area contributed by atoms with Gasteiger partial charge in [-0.2, -0.15) is 5.14 Å². The zero-order chi connectivity index (χ0) is 9.56. The van der Waals surface area contributed by atoms with Crippen LogP contribution < -0.4 is 5.14 Å². The van der Waals surface area contributed by atoms with Gasteiger partial charge in [-0.25, -0.2) is 4.79 Å². The van der Waals surface area contributed by atoms with E-state index in [-0.39, 0.29) is 0 Å². The molecule has 1 atom stereocenters. The Morgan fingerprint density at radius 1 is 1.75 bits per heavy atom. The van der Waals surface area contributed by atoms with Crippen LogP contribution in [0.3, 0.4) is 0 Å². The van der Waals surface area contributed by atoms with E-state index >= 15 is 0 Å². The maximum atomic E-state index is 10.4. The van der Waals surface area contributed by atoms with Gasteiger partial charge in [0, 0.05) is 30.9 Å². The number of carboxylic acid groups (broad SMARTS) is 1. The van der Waals surface area contributed by atoms with Gasteiger partial charge in [0.15, 0.2) is 0 Å². The van der Waals surface area contributed by atoms with Crippen LogP contribution in [0.4, 0.5) is 4.79 Å². The Bertz CT molecular complexity index is 143. The standard InChI is InChI=1S/C6H14N2O3S/c1-2-8(6(9)10)4-3-5-12(7)11/h2-5,7H2,1H3,(H,9,10). The van der Waals surface area contributed by atoms with E-state index in [1.165, 1.54) is 4.90 Å². The van der Waals surface area contributed by atoms with Crippen molar-refractivity contribution in [2.75, 3.05) is 18.8 Å². The molecule has 0 aromatic rings. The lowest BCUT2D eigenvalue weighted by Gasteiger charge is -2.15. The molecule has 72 valence electrons. The van der Waals surface area contributed by atoms with E-state index in [1.807, 2.05) is 0 Å². The van der Waals surface area contributed by atoms with Crippen molar-refractivity contribution in [3.8, 4) is 0 Å². The van der Waals surface area contributed by atoms with Crippen molar-refractivity contribution in [1.29, 1.82) is 0 Å². The quantitative estimate of drug-likeness (QED) is 0.603. The third kappa shape index (κ3) is 5.22. The summed E-state index contributed by atoms with van der Waals surface area (Å²) in [6.45, 7) is 2.61. The average molecular weight is 194 g/mol. The van der Waals surface area contributed by atoms with E-state index in [4.69, 9.17) is 10.2 Å². The number of carbonyl (C=O) groups is 1. The Kier molecular flexibility index (Phi) is 5.87. The number of amides is 1. The maximum absolute atomic E-state index is 10.4. The second kappa shape index (κ2) is 6.10. The number of nitrogens with two attached hydrogens (primary N) is 1. The van der Waals surface area contributed by atoms with E-state index < -0.39 is 17.5 Å². The highest BCUT2D eigenvalue weighted by atomic mass is 32.2. The lowest BCUT2D eigenvalue weighted by molar-refractivity contribution is 0.148. The molecular weight excluding hydrogens is 180 g/mol. The second-order valence-corrected chi connectivity index (χ2v) is 3.47. The summed E-state index contributed by atoms with van der Waals surface area (Å²) in [4.78, 5) is 11.7. The van der Waals surface area contributed by atoms with Crippen LogP contribution >= 0.6 is 0 Å². The van der Waals surface area contributed by atoms with Crippen molar-refractivity contribution >= 4 is 17.5 Å². The molecule has 0 rings (SSSR count). The molecule has 0 bridgehead atoms. The molecule has 0 fully saturated rings. The number of hydrogen-bond acceptors (Lipinski definition) is 3. The number of hydrogen-bond donors (Lipinski definition) is 2. The molecule has 1 amide bonds. The minimum Gasteiger partial charge on any atom is -0.598 e. The van der Waals surface area contributed by atoms with Crippen molar-refractivity contribution in [2.24, 2.45) is 5.14 Å². The van der Waals surface area contributed by atoms with Crippen LogP contribution in [0.15, 0.2) is 0 Å². The summed E-state index contributed by atoms with van der Waals surface area (Å²) in [5.41, 5.74) is 0. The Labute approximate surface area is 74.8 Å². The first-order chi connectivity index (χ1) is 5.57. The number of nitrogens with zero attached hydrogens (tertiary/aromatic N) is 1. The fourth-order valence-corrected chi connectivity index (χ4v) is 1.20. The molecule has 12 heavy (non-hydrogen) atoms. The first-order valence-corrected chi connectivity index (χ1v) is 5.06. The van der Waals surface area contributed by atoms with Crippen molar-refractivity contribution in [3.05, 3.63) is 0 Å². The molecule has 0 radical (unpaired) electrons. The summed E-state index contributed by atoms with van der Waals surface area (Å²) < 4.78 is 10.4. The molecular formula is C6H14N2O3S. The molecule has 0 saturated carbocycles. The second-order valence-electron chi connectivity index (χ2n) is 2.30. The topological polar surface area (TPSA) is 89.6 Å². The molecule has 0 aromatic heterocycles. The summed E-state index contributed by atoms with van der Waals surface area (Å²) in [5, 5.41) is 13.6. The zero-order valence-corrected chi connectivity index (χ0v) is 7.84. The van der Waals surface area contributed by atoms with Crippen LogP contribution in [0.25, 0.3) is 0 Å². The van der Waals surface area contributed by atoms with Crippen LogP contribution in [-0.4, -0.2) is 39.5 Å². The largest absolute Gasteiger partial charge is 0.598 e. The van der Waals surface area contributed by atoms with Gasteiger partial charge in [0.05, 0.1) is 0 Å². The fourth-order valence-electron chi connectivity index (χ4n) is 0.787. The van der Waals surface area contributed by atoms with Gasteiger partial charge < -0.3 is 14.6 Å². The van der Waals surface area contributed by atoms with Crippen LogP contribution in [-0.2, 0) is 11.4 Å². The van der Waals surface area contributed by atoms with Gasteiger partial charge in [-0.3, -0.25) is 0 Å². The molecule has 5 nitrogen and oxygen atoms in total. The minimum absolute atomic E-state index is 0.351. The van der Waals surface area contributed by atoms with Gasteiger partial charge in [-0.15, -0.1) is 0 Å². The average Bonchev–Trinajstić information content (AvgIpc) is 1.96. The molecule has 1 unspecified atom stereocenters. The van der Waals surface area contributed by atoms with Crippen molar-refractivity contribution in [1.82, 2.24) is 4.90 Å².